The van der Waals surface area contributed by atoms with Crippen molar-refractivity contribution in [3.63, 3.8) is 0 Å². The summed E-state index contributed by atoms with van der Waals surface area (Å²) in [5, 5.41) is 38.2. The van der Waals surface area contributed by atoms with Crippen molar-refractivity contribution in [3.05, 3.63) is 0 Å². The molecule has 5 N–H and O–H groups in total. The Morgan fingerprint density at radius 2 is 1.78 bits per heavy atom. The number of carboxylic acid groups (broad SMARTS) is 2. The predicted molar refractivity (Wildman–Crippen MR) is 107 cm³/mol. The summed E-state index contributed by atoms with van der Waals surface area (Å²) >= 11 is 0. The zero-order chi connectivity index (χ0) is 20.9. The number of carbonyl (C=O) groups is 3. The molecular formula is C17H31NO7S2. The molecule has 0 aromatic rings. The van der Waals surface area contributed by atoms with Crippen LogP contribution in [0.5, 0.6) is 0 Å². The van der Waals surface area contributed by atoms with E-state index in [2.05, 4.69) is 5.32 Å². The Balaban J connectivity index is 0.000000511. The molecule has 27 heavy (non-hydrogen) atoms. The summed E-state index contributed by atoms with van der Waals surface area (Å²) in [4.78, 5) is 31.6. The summed E-state index contributed by atoms with van der Waals surface area (Å²) in [7, 11) is 3.92. The SMILES string of the molecule is CC(C)(CO)[C@@H](O)C(=O)NCCC(=O)O.O=C(O)CCCCC1CCSS1. The largest absolute Gasteiger partial charge is 0.481 e. The molecule has 158 valence electrons. The zero-order valence-electron chi connectivity index (χ0n) is 15.8. The topological polar surface area (TPSA) is 144 Å². The second-order valence-corrected chi connectivity index (χ2v) is 9.74. The molecule has 1 unspecified atom stereocenters. The Morgan fingerprint density at radius 1 is 1.15 bits per heavy atom. The van der Waals surface area contributed by atoms with Gasteiger partial charge >= 0.3 is 11.9 Å². The van der Waals surface area contributed by atoms with Gasteiger partial charge in [0.15, 0.2) is 0 Å². The third kappa shape index (κ3) is 12.9. The van der Waals surface area contributed by atoms with Gasteiger partial charge in [-0.05, 0) is 19.3 Å². The minimum absolute atomic E-state index is 0.0350. The number of aliphatic carboxylic acids is 2. The van der Waals surface area contributed by atoms with Crippen molar-refractivity contribution in [3.8, 4) is 0 Å². The van der Waals surface area contributed by atoms with Crippen LogP contribution in [-0.2, 0) is 14.4 Å². The van der Waals surface area contributed by atoms with Gasteiger partial charge in [-0.2, -0.15) is 0 Å². The normalized spacial score (nSPS) is 17.6. The molecule has 0 bridgehead atoms. The predicted octanol–water partition coefficient (Wildman–Crippen LogP) is 1.74. The monoisotopic (exact) mass is 425 g/mol. The van der Waals surface area contributed by atoms with Gasteiger partial charge in [0.2, 0.25) is 5.91 Å². The summed E-state index contributed by atoms with van der Waals surface area (Å²) in [6.07, 6.45) is 3.22. The van der Waals surface area contributed by atoms with E-state index in [1.54, 1.807) is 0 Å². The minimum atomic E-state index is -1.35. The van der Waals surface area contributed by atoms with Crippen LogP contribution in [0.4, 0.5) is 0 Å². The molecule has 10 heteroatoms. The van der Waals surface area contributed by atoms with E-state index in [-0.39, 0.29) is 19.6 Å². The number of nitrogens with one attached hydrogen (secondary N) is 1. The number of carboxylic acids is 2. The summed E-state index contributed by atoms with van der Waals surface area (Å²) in [6, 6.07) is 0. The van der Waals surface area contributed by atoms with Crippen LogP contribution < -0.4 is 5.32 Å². The van der Waals surface area contributed by atoms with Crippen molar-refractivity contribution < 1.29 is 34.8 Å². The molecule has 0 saturated carbocycles. The van der Waals surface area contributed by atoms with Crippen molar-refractivity contribution in [1.29, 1.82) is 0 Å². The van der Waals surface area contributed by atoms with Crippen LogP contribution in [0.1, 0.15) is 52.4 Å². The van der Waals surface area contributed by atoms with E-state index in [4.69, 9.17) is 15.3 Å². The van der Waals surface area contributed by atoms with Gasteiger partial charge in [0.05, 0.1) is 13.0 Å². The van der Waals surface area contributed by atoms with Crippen molar-refractivity contribution in [2.75, 3.05) is 18.9 Å². The number of aliphatic hydroxyl groups is 2. The van der Waals surface area contributed by atoms with Gasteiger partial charge in [-0.15, -0.1) is 0 Å². The van der Waals surface area contributed by atoms with Gasteiger partial charge < -0.3 is 25.7 Å². The van der Waals surface area contributed by atoms with Crippen LogP contribution in [0.3, 0.4) is 0 Å². The highest BCUT2D eigenvalue weighted by molar-refractivity contribution is 8.77. The molecule has 0 aromatic heterocycles. The minimum Gasteiger partial charge on any atom is -0.481 e. The van der Waals surface area contributed by atoms with E-state index in [1.165, 1.54) is 32.4 Å². The zero-order valence-corrected chi connectivity index (χ0v) is 17.5. The van der Waals surface area contributed by atoms with Crippen LogP contribution in [0.2, 0.25) is 0 Å². The van der Waals surface area contributed by atoms with E-state index < -0.39 is 29.4 Å². The number of hydrogen-bond donors (Lipinski definition) is 5. The van der Waals surface area contributed by atoms with Crippen LogP contribution in [0.15, 0.2) is 0 Å². The number of aliphatic hydroxyl groups excluding tert-OH is 2. The molecule has 1 amide bonds. The summed E-state index contributed by atoms with van der Waals surface area (Å²) in [5.41, 5.74) is -0.937. The van der Waals surface area contributed by atoms with Gasteiger partial charge in [-0.1, -0.05) is 41.9 Å². The molecule has 0 aromatic carbocycles. The van der Waals surface area contributed by atoms with Gasteiger partial charge in [0.1, 0.15) is 6.10 Å². The summed E-state index contributed by atoms with van der Waals surface area (Å²) in [5.74, 6) is -1.08. The van der Waals surface area contributed by atoms with E-state index in [0.29, 0.717) is 6.42 Å². The van der Waals surface area contributed by atoms with E-state index in [1.807, 2.05) is 21.6 Å². The van der Waals surface area contributed by atoms with Crippen LogP contribution in [0, 0.1) is 5.41 Å². The van der Waals surface area contributed by atoms with Crippen molar-refractivity contribution in [2.45, 2.75) is 63.7 Å². The van der Waals surface area contributed by atoms with Crippen molar-refractivity contribution >= 4 is 39.4 Å². The van der Waals surface area contributed by atoms with Gasteiger partial charge in [0, 0.05) is 29.4 Å². The lowest BCUT2D eigenvalue weighted by Crippen LogP contribution is -2.45. The Bertz CT molecular complexity index is 468. The maximum absolute atomic E-state index is 11.3. The molecular weight excluding hydrogens is 394 g/mol. The number of carbonyl (C=O) groups excluding carboxylic acids is 1. The standard InChI is InChI=1S/C9H17NO5.C8H14O2S2/c1-9(2,5-11)7(14)8(15)10-4-3-6(12)13;9-8(10)4-2-1-3-7-5-6-11-12-7/h7,11,14H,3-5H2,1-2H3,(H,10,15)(H,12,13);7H,1-6H2,(H,9,10)/t7-;/m0./s1. The summed E-state index contributed by atoms with van der Waals surface area (Å²) in [6.45, 7) is 2.70. The average Bonchev–Trinajstić information content (AvgIpc) is 3.11. The van der Waals surface area contributed by atoms with Crippen LogP contribution >= 0.6 is 21.6 Å². The van der Waals surface area contributed by atoms with Crippen LogP contribution in [-0.4, -0.2) is 68.5 Å². The first-order valence-corrected chi connectivity index (χ1v) is 11.3. The maximum Gasteiger partial charge on any atom is 0.305 e. The third-order valence-electron chi connectivity index (χ3n) is 3.93. The Kier molecular flexibility index (Phi) is 13.6. The average molecular weight is 426 g/mol. The van der Waals surface area contributed by atoms with Gasteiger partial charge in [-0.3, -0.25) is 14.4 Å². The second-order valence-electron chi connectivity index (χ2n) is 6.95. The number of hydrogen-bond acceptors (Lipinski definition) is 7. The first-order valence-electron chi connectivity index (χ1n) is 8.88. The Hall–Kier alpha value is -0.970. The molecule has 1 rings (SSSR count). The lowest BCUT2D eigenvalue weighted by Gasteiger charge is -2.26. The number of amides is 1. The fourth-order valence-electron chi connectivity index (χ4n) is 2.04. The maximum atomic E-state index is 11.3. The van der Waals surface area contributed by atoms with Gasteiger partial charge in [0.25, 0.3) is 0 Å². The summed E-state index contributed by atoms with van der Waals surface area (Å²) < 4.78 is 0. The quantitative estimate of drug-likeness (QED) is 0.247. The lowest BCUT2D eigenvalue weighted by molar-refractivity contribution is -0.139. The molecule has 1 aliphatic rings. The van der Waals surface area contributed by atoms with E-state index in [0.717, 1.165) is 18.1 Å². The van der Waals surface area contributed by atoms with Crippen LogP contribution in [0.25, 0.3) is 0 Å². The Morgan fingerprint density at radius 3 is 2.26 bits per heavy atom. The molecule has 1 saturated heterocycles. The second kappa shape index (κ2) is 14.1. The number of rotatable bonds is 11. The molecule has 1 fully saturated rings. The third-order valence-corrected chi connectivity index (χ3v) is 6.93. The molecule has 1 aliphatic heterocycles. The molecule has 0 aliphatic carbocycles. The number of unbranched alkanes of at least 4 members (excludes halogenated alkanes) is 1. The highest BCUT2D eigenvalue weighted by atomic mass is 33.1. The molecule has 2 atom stereocenters. The fourth-order valence-corrected chi connectivity index (χ4v) is 5.07. The first-order chi connectivity index (χ1) is 12.6. The van der Waals surface area contributed by atoms with E-state index in [9.17, 15) is 19.5 Å². The first kappa shape index (κ1) is 26.0. The highest BCUT2D eigenvalue weighted by Crippen LogP contribution is 2.39. The van der Waals surface area contributed by atoms with E-state index >= 15 is 0 Å². The highest BCUT2D eigenvalue weighted by Gasteiger charge is 2.32. The fraction of sp³-hybridized carbons (Fsp3) is 0.824. The van der Waals surface area contributed by atoms with Crippen molar-refractivity contribution in [1.82, 2.24) is 5.32 Å². The lowest BCUT2D eigenvalue weighted by atomic mass is 9.87. The Labute approximate surface area is 167 Å². The smallest absolute Gasteiger partial charge is 0.305 e. The van der Waals surface area contributed by atoms with Crippen molar-refractivity contribution in [2.24, 2.45) is 5.41 Å². The molecule has 8 nitrogen and oxygen atoms in total. The van der Waals surface area contributed by atoms with Gasteiger partial charge in [-0.25, -0.2) is 0 Å². The molecule has 1 heterocycles. The molecule has 0 spiro atoms. The molecule has 0 radical (unpaired) electrons.